The molecule has 1 heterocycles. The third kappa shape index (κ3) is 1.20. The maximum absolute atomic E-state index is 8.98. The molecular weight excluding hydrogens is 134 g/mol. The van der Waals surface area contributed by atoms with E-state index in [4.69, 9.17) is 9.87 Å². The van der Waals surface area contributed by atoms with E-state index in [2.05, 4.69) is 4.99 Å². The Morgan fingerprint density at radius 1 is 1.78 bits per heavy atom. The van der Waals surface area contributed by atoms with Crippen molar-refractivity contribution in [2.45, 2.75) is 6.42 Å². The Kier molecular flexibility index (Phi) is 1.69. The van der Waals surface area contributed by atoms with Crippen molar-refractivity contribution in [3.8, 4) is 6.07 Å². The summed E-state index contributed by atoms with van der Waals surface area (Å²) >= 11 is 0. The topological polar surface area (TPSA) is 59.9 Å². The Balaban J connectivity index is 2.71. The van der Waals surface area contributed by atoms with Crippen molar-refractivity contribution < 1.29 is 0 Å². The van der Waals surface area contributed by atoms with Gasteiger partial charge >= 0.3 is 0 Å². The van der Waals surface area contributed by atoms with E-state index < -0.39 is 10.5 Å². The summed E-state index contributed by atoms with van der Waals surface area (Å²) in [6, 6.07) is 1.92. The van der Waals surface area contributed by atoms with Crippen LogP contribution >= 0.6 is 0 Å². The summed E-state index contributed by atoms with van der Waals surface area (Å²) in [5.41, 5.74) is 0. The van der Waals surface area contributed by atoms with Gasteiger partial charge in [0.1, 0.15) is 0 Å². The van der Waals surface area contributed by atoms with Gasteiger partial charge in [-0.15, -0.1) is 5.41 Å². The molecule has 3 nitrogen and oxygen atoms in total. The van der Waals surface area contributed by atoms with E-state index in [0.29, 0.717) is 5.04 Å². The first-order chi connectivity index (χ1) is 4.34. The lowest BCUT2D eigenvalue weighted by molar-refractivity contribution is 1.40. The normalized spacial score (nSPS) is 17.3. The lowest BCUT2D eigenvalue weighted by Crippen LogP contribution is -1.94. The van der Waals surface area contributed by atoms with Crippen LogP contribution in [0.1, 0.15) is 6.42 Å². The van der Waals surface area contributed by atoms with Gasteiger partial charge in [-0.05, 0) is 5.04 Å². The number of nitrogens with zero attached hydrogens (tertiary/aromatic N) is 3. The van der Waals surface area contributed by atoms with Gasteiger partial charge in [0.2, 0.25) is 0 Å². The molecule has 0 atom stereocenters. The molecule has 0 bridgehead atoms. The fourth-order valence-electron chi connectivity index (χ4n) is 0.491. The van der Waals surface area contributed by atoms with E-state index in [1.54, 1.807) is 5.41 Å². The minimum Gasteiger partial charge on any atom is -0.421 e. The summed E-state index contributed by atoms with van der Waals surface area (Å²) in [6.07, 6.45) is 1.75. The zero-order valence-electron chi connectivity index (χ0n) is 4.61. The Hall–Kier alpha value is -1.04. The molecule has 0 radical (unpaired) electrons. The third-order valence-electron chi connectivity index (χ3n) is 0.880. The third-order valence-corrected chi connectivity index (χ3v) is 1.99. The largest absolute Gasteiger partial charge is 0.421 e. The minimum absolute atomic E-state index is 0.229. The molecular formula is C5H4N3S-. The van der Waals surface area contributed by atoms with Crippen LogP contribution < -0.4 is 0 Å². The van der Waals surface area contributed by atoms with Crippen molar-refractivity contribution in [1.29, 1.82) is 9.87 Å². The summed E-state index contributed by atoms with van der Waals surface area (Å²) in [5.74, 6) is 0. The summed E-state index contributed by atoms with van der Waals surface area (Å²) < 4.78 is 8.98. The highest BCUT2D eigenvalue weighted by molar-refractivity contribution is 8.02. The van der Waals surface area contributed by atoms with Crippen LogP contribution in [0, 0.1) is 15.9 Å². The van der Waals surface area contributed by atoms with Crippen molar-refractivity contribution in [1.82, 2.24) is 0 Å². The Labute approximate surface area is 55.3 Å². The van der Waals surface area contributed by atoms with Crippen molar-refractivity contribution in [2.24, 2.45) is 4.99 Å². The van der Waals surface area contributed by atoms with Crippen LogP contribution in [0.5, 0.6) is 0 Å². The zero-order valence-corrected chi connectivity index (χ0v) is 5.43. The lowest BCUT2D eigenvalue weighted by Gasteiger charge is -1.99. The molecule has 1 aliphatic heterocycles. The van der Waals surface area contributed by atoms with Crippen LogP contribution in [-0.2, 0) is 10.5 Å². The first-order valence-electron chi connectivity index (χ1n) is 2.37. The second-order valence-corrected chi connectivity index (χ2v) is 2.83. The number of nitriles is 1. The van der Waals surface area contributed by atoms with Gasteiger partial charge in [-0.3, -0.25) is 4.99 Å². The molecule has 0 aliphatic carbocycles. The van der Waals surface area contributed by atoms with Gasteiger partial charge in [0.25, 0.3) is 0 Å². The smallest absolute Gasteiger partial charge is 0.0663 e. The van der Waals surface area contributed by atoms with E-state index in [0.717, 1.165) is 0 Å². The second kappa shape index (κ2) is 2.49. The predicted octanol–water partition coefficient (Wildman–Crippen LogP) is 0.881. The number of hydrogen-bond donors (Lipinski definition) is 0. The lowest BCUT2D eigenvalue weighted by atomic mass is 10.5. The average Bonchev–Trinajstić information content (AvgIpc) is 2.18. The second-order valence-electron chi connectivity index (χ2n) is 1.46. The van der Waals surface area contributed by atoms with Gasteiger partial charge in [0, 0.05) is 6.20 Å². The summed E-state index contributed by atoms with van der Waals surface area (Å²) in [4.78, 5) is 3.78. The van der Waals surface area contributed by atoms with Crippen LogP contribution in [0.4, 0.5) is 0 Å². The van der Waals surface area contributed by atoms with Crippen LogP contribution in [-0.4, -0.2) is 5.04 Å². The number of aliphatic imine (C=N–C) groups is 1. The number of rotatable bonds is 1. The molecule has 0 N–H and O–H groups in total. The first-order valence-corrected chi connectivity index (χ1v) is 3.61. The minimum atomic E-state index is -0.864. The Morgan fingerprint density at radius 2 is 2.56 bits per heavy atom. The van der Waals surface area contributed by atoms with Crippen LogP contribution in [0.3, 0.4) is 0 Å². The van der Waals surface area contributed by atoms with Gasteiger partial charge in [-0.1, -0.05) is 0 Å². The molecule has 46 valence electrons. The molecule has 0 saturated heterocycles. The molecule has 0 amide bonds. The molecule has 0 saturated carbocycles. The van der Waals surface area contributed by atoms with Gasteiger partial charge < -0.3 is 4.61 Å². The fourth-order valence-corrected chi connectivity index (χ4v) is 1.21. The predicted molar refractivity (Wildman–Crippen MR) is 35.9 cm³/mol. The van der Waals surface area contributed by atoms with Gasteiger partial charge in [0.15, 0.2) is 0 Å². The maximum atomic E-state index is 8.98. The van der Waals surface area contributed by atoms with Crippen molar-refractivity contribution in [3.05, 3.63) is 11.6 Å². The standard InChI is InChI=1S/C5H4N3S/c6-2-1-5-8-3-4-9(5)7/h3-4H,1H2/q-1. The van der Waals surface area contributed by atoms with Gasteiger partial charge in [0.05, 0.1) is 12.5 Å². The van der Waals surface area contributed by atoms with Crippen LogP contribution in [0.2, 0.25) is 0 Å². The highest BCUT2D eigenvalue weighted by Crippen LogP contribution is 2.02. The highest BCUT2D eigenvalue weighted by Gasteiger charge is 1.91. The summed E-state index contributed by atoms with van der Waals surface area (Å²) in [5, 5.41) is 10.3. The maximum Gasteiger partial charge on any atom is 0.0663 e. The summed E-state index contributed by atoms with van der Waals surface area (Å²) in [6.45, 7) is 0. The molecule has 9 heavy (non-hydrogen) atoms. The highest BCUT2D eigenvalue weighted by atomic mass is 32.2. The quantitative estimate of drug-likeness (QED) is 0.505. The molecule has 0 spiro atoms. The molecule has 0 aromatic heterocycles. The average molecular weight is 138 g/mol. The van der Waals surface area contributed by atoms with Gasteiger partial charge in [-0.25, -0.2) is 10.5 Å². The first kappa shape index (κ1) is 6.09. The molecule has 0 fully saturated rings. The Morgan fingerprint density at radius 3 is 3.00 bits per heavy atom. The van der Waals surface area contributed by atoms with Crippen molar-refractivity contribution in [3.63, 3.8) is 0 Å². The Bertz CT molecular complexity index is 273. The molecule has 0 aromatic rings. The molecule has 0 unspecified atom stereocenters. The van der Waals surface area contributed by atoms with Crippen LogP contribution in [0.25, 0.3) is 0 Å². The van der Waals surface area contributed by atoms with E-state index in [1.165, 1.54) is 6.20 Å². The van der Waals surface area contributed by atoms with Crippen molar-refractivity contribution >= 4 is 15.6 Å². The monoisotopic (exact) mass is 138 g/mol. The summed E-state index contributed by atoms with van der Waals surface area (Å²) in [7, 11) is -0.864. The van der Waals surface area contributed by atoms with E-state index >= 15 is 0 Å². The SMILES string of the molecule is N#CCC1=NC=C[S-]1#N. The molecule has 1 rings (SSSR count). The number of hydrogen-bond acceptors (Lipinski definition) is 4. The molecule has 0 aromatic carbocycles. The van der Waals surface area contributed by atoms with E-state index in [1.807, 2.05) is 6.07 Å². The fraction of sp³-hybridized carbons (Fsp3) is 0.200. The molecule has 4 heteroatoms. The molecule has 1 aliphatic rings. The van der Waals surface area contributed by atoms with E-state index in [9.17, 15) is 0 Å². The van der Waals surface area contributed by atoms with Crippen LogP contribution in [0.15, 0.2) is 16.6 Å². The zero-order chi connectivity index (χ0) is 6.69. The van der Waals surface area contributed by atoms with Gasteiger partial charge in [-0.2, -0.15) is 5.26 Å². The van der Waals surface area contributed by atoms with Crippen molar-refractivity contribution in [2.75, 3.05) is 0 Å². The van der Waals surface area contributed by atoms with E-state index in [-0.39, 0.29) is 6.42 Å².